The lowest BCUT2D eigenvalue weighted by Gasteiger charge is -2.06. The zero-order valence-corrected chi connectivity index (χ0v) is 11.5. The minimum absolute atomic E-state index is 0.159. The highest BCUT2D eigenvalue weighted by molar-refractivity contribution is 7.91. The van der Waals surface area contributed by atoms with Crippen LogP contribution < -0.4 is 5.32 Å². The number of aromatic nitrogens is 2. The summed E-state index contributed by atoms with van der Waals surface area (Å²) in [4.78, 5) is 0. The molecule has 0 saturated heterocycles. The van der Waals surface area contributed by atoms with E-state index in [1.807, 2.05) is 13.8 Å². The van der Waals surface area contributed by atoms with Crippen molar-refractivity contribution >= 4 is 9.84 Å². The lowest BCUT2D eigenvalue weighted by molar-refractivity contribution is 0.578. The predicted octanol–water partition coefficient (Wildman–Crippen LogP) is 0.736. The van der Waals surface area contributed by atoms with Gasteiger partial charge in [0.2, 0.25) is 0 Å². The number of nitrogens with one attached hydrogen (secondary N) is 1. The van der Waals surface area contributed by atoms with E-state index >= 15 is 0 Å². The molecule has 0 atom stereocenters. The van der Waals surface area contributed by atoms with Crippen LogP contribution in [0.25, 0.3) is 0 Å². The Kier molecular flexibility index (Phi) is 5.14. The van der Waals surface area contributed by atoms with Gasteiger partial charge in [-0.05, 0) is 13.5 Å². The molecule has 1 aromatic heterocycles. The van der Waals surface area contributed by atoms with Crippen molar-refractivity contribution in [3.8, 4) is 0 Å². The van der Waals surface area contributed by atoms with Crippen molar-refractivity contribution in [3.63, 3.8) is 0 Å². The largest absolute Gasteiger partial charge is 0.313 e. The number of hydrogen-bond donors (Lipinski definition) is 1. The first-order valence-electron chi connectivity index (χ1n) is 5.92. The number of hydrogen-bond acceptors (Lipinski definition) is 4. The fraction of sp³-hybridized carbons (Fsp3) is 0.727. The molecule has 0 aromatic carbocycles. The van der Waals surface area contributed by atoms with Crippen molar-refractivity contribution in [2.24, 2.45) is 0 Å². The first kappa shape index (κ1) is 14.2. The van der Waals surface area contributed by atoms with Crippen LogP contribution in [0.1, 0.15) is 25.1 Å². The Balaban J connectivity index is 2.64. The molecule has 1 rings (SSSR count). The summed E-state index contributed by atoms with van der Waals surface area (Å²) in [5.74, 6) is 0.351. The Bertz CT molecular complexity index is 451. The standard InChI is InChI=1S/C11H21N3O2S/c1-4-12-8-11-9-13-14(10(11)3)6-7-17(15,16)5-2/h9,12H,4-8H2,1-3H3. The van der Waals surface area contributed by atoms with Crippen molar-refractivity contribution in [1.82, 2.24) is 15.1 Å². The Morgan fingerprint density at radius 2 is 2.12 bits per heavy atom. The SMILES string of the molecule is CCNCc1cnn(CCS(=O)(=O)CC)c1C. The van der Waals surface area contributed by atoms with Crippen LogP contribution in [-0.4, -0.2) is 36.2 Å². The third-order valence-electron chi connectivity index (χ3n) is 2.82. The smallest absolute Gasteiger partial charge is 0.151 e. The fourth-order valence-electron chi connectivity index (χ4n) is 1.51. The molecule has 0 spiro atoms. The summed E-state index contributed by atoms with van der Waals surface area (Å²) in [5, 5.41) is 7.45. The number of sulfone groups is 1. The molecule has 0 fully saturated rings. The van der Waals surface area contributed by atoms with Gasteiger partial charge in [0.25, 0.3) is 0 Å². The molecule has 0 aliphatic heterocycles. The van der Waals surface area contributed by atoms with Crippen molar-refractivity contribution in [2.45, 2.75) is 33.9 Å². The lowest BCUT2D eigenvalue weighted by Crippen LogP contribution is -2.17. The molecule has 0 radical (unpaired) electrons. The molecule has 5 nitrogen and oxygen atoms in total. The molecule has 0 aliphatic carbocycles. The molecule has 0 aliphatic rings. The molecule has 0 amide bonds. The summed E-state index contributed by atoms with van der Waals surface area (Å²) in [6.07, 6.45) is 1.80. The van der Waals surface area contributed by atoms with Gasteiger partial charge in [-0.1, -0.05) is 13.8 Å². The van der Waals surface area contributed by atoms with Gasteiger partial charge in [0.05, 0.1) is 18.5 Å². The van der Waals surface area contributed by atoms with E-state index in [9.17, 15) is 8.42 Å². The Labute approximate surface area is 103 Å². The van der Waals surface area contributed by atoms with E-state index in [4.69, 9.17) is 0 Å². The highest BCUT2D eigenvalue weighted by Gasteiger charge is 2.10. The van der Waals surface area contributed by atoms with Crippen molar-refractivity contribution in [2.75, 3.05) is 18.1 Å². The molecule has 1 N–H and O–H groups in total. The van der Waals surface area contributed by atoms with Gasteiger partial charge in [-0.3, -0.25) is 4.68 Å². The van der Waals surface area contributed by atoms with E-state index in [0.717, 1.165) is 24.3 Å². The molecule has 1 heterocycles. The first-order chi connectivity index (χ1) is 8.00. The summed E-state index contributed by atoms with van der Waals surface area (Å²) in [6, 6.07) is 0. The van der Waals surface area contributed by atoms with E-state index in [2.05, 4.69) is 10.4 Å². The molecule has 1 aromatic rings. The molecule has 0 saturated carbocycles. The maximum absolute atomic E-state index is 11.4. The lowest BCUT2D eigenvalue weighted by atomic mass is 10.2. The average molecular weight is 259 g/mol. The third kappa shape index (κ3) is 4.12. The average Bonchev–Trinajstić information content (AvgIpc) is 2.65. The minimum atomic E-state index is -2.92. The zero-order chi connectivity index (χ0) is 12.9. The molecular formula is C11H21N3O2S. The van der Waals surface area contributed by atoms with Crippen LogP contribution in [0.15, 0.2) is 6.20 Å². The van der Waals surface area contributed by atoms with Crippen LogP contribution in [0.5, 0.6) is 0 Å². The van der Waals surface area contributed by atoms with Gasteiger partial charge in [-0.2, -0.15) is 5.10 Å². The Morgan fingerprint density at radius 3 is 2.71 bits per heavy atom. The van der Waals surface area contributed by atoms with Crippen molar-refractivity contribution < 1.29 is 8.42 Å². The topological polar surface area (TPSA) is 64.0 Å². The third-order valence-corrected chi connectivity index (χ3v) is 4.51. The second-order valence-electron chi connectivity index (χ2n) is 4.00. The van der Waals surface area contributed by atoms with E-state index in [1.54, 1.807) is 17.8 Å². The van der Waals surface area contributed by atoms with Gasteiger partial charge < -0.3 is 5.32 Å². The first-order valence-corrected chi connectivity index (χ1v) is 7.74. The normalized spacial score (nSPS) is 11.9. The Hall–Kier alpha value is -0.880. The van der Waals surface area contributed by atoms with Gasteiger partial charge in [-0.15, -0.1) is 0 Å². The van der Waals surface area contributed by atoms with Crippen LogP contribution >= 0.6 is 0 Å². The van der Waals surface area contributed by atoms with Crippen molar-refractivity contribution in [1.29, 1.82) is 0 Å². The second-order valence-corrected chi connectivity index (χ2v) is 6.47. The molecule has 17 heavy (non-hydrogen) atoms. The van der Waals surface area contributed by atoms with E-state index in [-0.39, 0.29) is 11.5 Å². The monoisotopic (exact) mass is 259 g/mol. The fourth-order valence-corrected chi connectivity index (χ4v) is 2.25. The number of rotatable bonds is 7. The molecule has 0 bridgehead atoms. The van der Waals surface area contributed by atoms with E-state index in [0.29, 0.717) is 6.54 Å². The summed E-state index contributed by atoms with van der Waals surface area (Å²) in [6.45, 7) is 7.82. The van der Waals surface area contributed by atoms with Crippen LogP contribution in [0, 0.1) is 6.92 Å². The van der Waals surface area contributed by atoms with Crippen LogP contribution in [0.4, 0.5) is 0 Å². The number of aryl methyl sites for hydroxylation is 1. The Morgan fingerprint density at radius 1 is 1.41 bits per heavy atom. The summed E-state index contributed by atoms with van der Waals surface area (Å²) >= 11 is 0. The van der Waals surface area contributed by atoms with Crippen LogP contribution in [0.2, 0.25) is 0 Å². The van der Waals surface area contributed by atoms with Gasteiger partial charge >= 0.3 is 0 Å². The van der Waals surface area contributed by atoms with E-state index in [1.165, 1.54) is 0 Å². The van der Waals surface area contributed by atoms with E-state index < -0.39 is 9.84 Å². The van der Waals surface area contributed by atoms with Gasteiger partial charge in [0.15, 0.2) is 9.84 Å². The molecule has 6 heteroatoms. The van der Waals surface area contributed by atoms with Gasteiger partial charge in [0, 0.05) is 23.6 Å². The summed E-state index contributed by atoms with van der Waals surface area (Å²) in [5.41, 5.74) is 2.16. The molecule has 98 valence electrons. The van der Waals surface area contributed by atoms with Gasteiger partial charge in [-0.25, -0.2) is 8.42 Å². The van der Waals surface area contributed by atoms with Crippen LogP contribution in [-0.2, 0) is 22.9 Å². The summed E-state index contributed by atoms with van der Waals surface area (Å²) < 4.78 is 24.6. The van der Waals surface area contributed by atoms with Gasteiger partial charge in [0.1, 0.15) is 0 Å². The quantitative estimate of drug-likeness (QED) is 0.784. The highest BCUT2D eigenvalue weighted by atomic mass is 32.2. The molecular weight excluding hydrogens is 238 g/mol. The summed E-state index contributed by atoms with van der Waals surface area (Å²) in [7, 11) is -2.92. The maximum atomic E-state index is 11.4. The highest BCUT2D eigenvalue weighted by Crippen LogP contribution is 2.07. The minimum Gasteiger partial charge on any atom is -0.313 e. The number of nitrogens with zero attached hydrogens (tertiary/aromatic N) is 2. The second kappa shape index (κ2) is 6.16. The maximum Gasteiger partial charge on any atom is 0.151 e. The van der Waals surface area contributed by atoms with Crippen molar-refractivity contribution in [3.05, 3.63) is 17.5 Å². The predicted molar refractivity (Wildman–Crippen MR) is 68.7 cm³/mol. The van der Waals surface area contributed by atoms with Crippen LogP contribution in [0.3, 0.4) is 0 Å². The zero-order valence-electron chi connectivity index (χ0n) is 10.7. The molecule has 0 unspecified atom stereocenters.